The van der Waals surface area contributed by atoms with Crippen molar-refractivity contribution < 1.29 is 19.4 Å². The lowest BCUT2D eigenvalue weighted by Crippen LogP contribution is -2.02. The van der Waals surface area contributed by atoms with E-state index in [4.69, 9.17) is 26.2 Å². The van der Waals surface area contributed by atoms with Gasteiger partial charge in [-0.3, -0.25) is 4.79 Å². The van der Waals surface area contributed by atoms with Crippen molar-refractivity contribution in [3.05, 3.63) is 28.3 Å². The Morgan fingerprint density at radius 1 is 1.35 bits per heavy atom. The van der Waals surface area contributed by atoms with Crippen LogP contribution in [0.5, 0.6) is 5.75 Å². The van der Waals surface area contributed by atoms with Crippen molar-refractivity contribution in [2.75, 3.05) is 14.2 Å². The zero-order valence-corrected chi connectivity index (χ0v) is 10.6. The van der Waals surface area contributed by atoms with Crippen molar-refractivity contribution >= 4 is 17.6 Å². The third kappa shape index (κ3) is 3.91. The molecule has 1 aromatic carbocycles. The van der Waals surface area contributed by atoms with Gasteiger partial charge in [-0.05, 0) is 29.7 Å². The van der Waals surface area contributed by atoms with Crippen LogP contribution in [0.15, 0.2) is 12.1 Å². The normalized spacial score (nSPS) is 10.3. The summed E-state index contributed by atoms with van der Waals surface area (Å²) in [5, 5.41) is 9.16. The van der Waals surface area contributed by atoms with Crippen molar-refractivity contribution in [3.8, 4) is 5.75 Å². The molecule has 0 saturated carbocycles. The summed E-state index contributed by atoms with van der Waals surface area (Å²) in [4.78, 5) is 10.6. The first-order chi connectivity index (χ1) is 8.08. The van der Waals surface area contributed by atoms with E-state index in [9.17, 15) is 4.79 Å². The summed E-state index contributed by atoms with van der Waals surface area (Å²) in [7, 11) is 3.12. The van der Waals surface area contributed by atoms with E-state index in [1.807, 2.05) is 0 Å². The number of ether oxygens (including phenoxy) is 2. The molecule has 0 aliphatic heterocycles. The van der Waals surface area contributed by atoms with E-state index in [1.165, 1.54) is 7.11 Å². The Balaban J connectivity index is 2.99. The Kier molecular flexibility index (Phi) is 5.25. The molecule has 0 aliphatic rings. The fourth-order valence-electron chi connectivity index (χ4n) is 1.56. The standard InChI is InChI=1S/C12H15ClO4/c1-16-7-9-6-11(17-2)10(13)5-8(9)3-4-12(14)15/h5-6H,3-4,7H2,1-2H3,(H,14,15). The van der Waals surface area contributed by atoms with Gasteiger partial charge in [-0.1, -0.05) is 11.6 Å². The van der Waals surface area contributed by atoms with Crippen LogP contribution in [0.1, 0.15) is 17.5 Å². The topological polar surface area (TPSA) is 55.8 Å². The smallest absolute Gasteiger partial charge is 0.303 e. The summed E-state index contributed by atoms with van der Waals surface area (Å²) >= 11 is 6.00. The number of aliphatic carboxylic acids is 1. The minimum absolute atomic E-state index is 0.0688. The number of hydrogen-bond acceptors (Lipinski definition) is 3. The van der Waals surface area contributed by atoms with Crippen LogP contribution >= 0.6 is 11.6 Å². The number of carbonyl (C=O) groups is 1. The fraction of sp³-hybridized carbons (Fsp3) is 0.417. The molecule has 17 heavy (non-hydrogen) atoms. The van der Waals surface area contributed by atoms with Gasteiger partial charge in [0, 0.05) is 13.5 Å². The minimum Gasteiger partial charge on any atom is -0.495 e. The second-order valence-electron chi connectivity index (χ2n) is 3.58. The second kappa shape index (κ2) is 6.47. The molecule has 0 unspecified atom stereocenters. The summed E-state index contributed by atoms with van der Waals surface area (Å²) in [6.45, 7) is 0.405. The van der Waals surface area contributed by atoms with E-state index in [0.29, 0.717) is 23.8 Å². The Morgan fingerprint density at radius 2 is 2.06 bits per heavy atom. The van der Waals surface area contributed by atoms with Crippen LogP contribution in [0.4, 0.5) is 0 Å². The molecule has 1 aromatic rings. The molecule has 0 fully saturated rings. The number of benzene rings is 1. The molecule has 1 N–H and O–H groups in total. The predicted molar refractivity (Wildman–Crippen MR) is 64.7 cm³/mol. The molecular formula is C12H15ClO4. The molecule has 0 aromatic heterocycles. The van der Waals surface area contributed by atoms with Gasteiger partial charge in [-0.15, -0.1) is 0 Å². The molecule has 94 valence electrons. The molecule has 0 aliphatic carbocycles. The Labute approximate surface area is 105 Å². The molecule has 0 saturated heterocycles. The van der Waals surface area contributed by atoms with Crippen molar-refractivity contribution in [3.63, 3.8) is 0 Å². The second-order valence-corrected chi connectivity index (χ2v) is 3.99. The number of hydrogen-bond donors (Lipinski definition) is 1. The molecule has 4 nitrogen and oxygen atoms in total. The van der Waals surface area contributed by atoms with Gasteiger partial charge in [-0.25, -0.2) is 0 Å². The van der Waals surface area contributed by atoms with Crippen molar-refractivity contribution in [2.45, 2.75) is 19.4 Å². The molecular weight excluding hydrogens is 244 g/mol. The van der Waals surface area contributed by atoms with Crippen LogP contribution in [-0.4, -0.2) is 25.3 Å². The van der Waals surface area contributed by atoms with E-state index in [-0.39, 0.29) is 6.42 Å². The number of carboxylic acids is 1. The third-order valence-electron chi connectivity index (χ3n) is 2.38. The Bertz CT molecular complexity index is 404. The van der Waals surface area contributed by atoms with Gasteiger partial charge in [0.25, 0.3) is 0 Å². The summed E-state index contributed by atoms with van der Waals surface area (Å²) in [5.74, 6) is -0.266. The highest BCUT2D eigenvalue weighted by Gasteiger charge is 2.10. The van der Waals surface area contributed by atoms with Crippen molar-refractivity contribution in [1.29, 1.82) is 0 Å². The first-order valence-corrected chi connectivity index (χ1v) is 5.52. The molecule has 0 amide bonds. The maximum atomic E-state index is 10.6. The molecule has 5 heteroatoms. The lowest BCUT2D eigenvalue weighted by molar-refractivity contribution is -0.136. The lowest BCUT2D eigenvalue weighted by atomic mass is 10.0. The number of halogens is 1. The van der Waals surface area contributed by atoms with E-state index < -0.39 is 5.97 Å². The monoisotopic (exact) mass is 258 g/mol. The summed E-state index contributed by atoms with van der Waals surface area (Å²) in [6, 6.07) is 3.51. The maximum absolute atomic E-state index is 10.6. The third-order valence-corrected chi connectivity index (χ3v) is 2.68. The fourth-order valence-corrected chi connectivity index (χ4v) is 1.82. The summed E-state index contributed by atoms with van der Waals surface area (Å²) in [5.41, 5.74) is 1.77. The quantitative estimate of drug-likeness (QED) is 0.852. The van der Waals surface area contributed by atoms with Crippen LogP contribution < -0.4 is 4.74 Å². The van der Waals surface area contributed by atoms with Crippen molar-refractivity contribution in [1.82, 2.24) is 0 Å². The zero-order valence-electron chi connectivity index (χ0n) is 9.83. The van der Waals surface area contributed by atoms with Gasteiger partial charge in [0.1, 0.15) is 5.75 Å². The van der Waals surface area contributed by atoms with E-state index in [1.54, 1.807) is 19.2 Å². The van der Waals surface area contributed by atoms with E-state index in [0.717, 1.165) is 11.1 Å². The molecule has 0 atom stereocenters. The van der Waals surface area contributed by atoms with Gasteiger partial charge >= 0.3 is 5.97 Å². The lowest BCUT2D eigenvalue weighted by Gasteiger charge is -2.12. The van der Waals surface area contributed by atoms with Gasteiger partial charge in [0.05, 0.1) is 18.7 Å². The largest absolute Gasteiger partial charge is 0.495 e. The highest BCUT2D eigenvalue weighted by molar-refractivity contribution is 6.32. The molecule has 0 heterocycles. The summed E-state index contributed by atoms with van der Waals surface area (Å²) in [6.07, 6.45) is 0.497. The molecule has 0 spiro atoms. The maximum Gasteiger partial charge on any atom is 0.303 e. The SMILES string of the molecule is COCc1cc(OC)c(Cl)cc1CCC(=O)O. The highest BCUT2D eigenvalue weighted by Crippen LogP contribution is 2.29. The van der Waals surface area contributed by atoms with Crippen molar-refractivity contribution in [2.24, 2.45) is 0 Å². The van der Waals surface area contributed by atoms with Crippen LogP contribution in [-0.2, 0) is 22.6 Å². The first-order valence-electron chi connectivity index (χ1n) is 5.14. The van der Waals surface area contributed by atoms with Gasteiger partial charge < -0.3 is 14.6 Å². The van der Waals surface area contributed by atoms with Crippen LogP contribution in [0, 0.1) is 0 Å². The number of aryl methyl sites for hydroxylation is 1. The number of methoxy groups -OCH3 is 2. The molecule has 1 rings (SSSR count). The Morgan fingerprint density at radius 3 is 2.59 bits per heavy atom. The number of carboxylic acid groups (broad SMARTS) is 1. The summed E-state index contributed by atoms with van der Waals surface area (Å²) < 4.78 is 10.2. The van der Waals surface area contributed by atoms with Gasteiger partial charge in [0.15, 0.2) is 0 Å². The Hall–Kier alpha value is -1.26. The molecule has 0 radical (unpaired) electrons. The zero-order chi connectivity index (χ0) is 12.8. The average molecular weight is 259 g/mol. The van der Waals surface area contributed by atoms with Gasteiger partial charge in [0.2, 0.25) is 0 Å². The minimum atomic E-state index is -0.833. The van der Waals surface area contributed by atoms with Crippen LogP contribution in [0.2, 0.25) is 5.02 Å². The van der Waals surface area contributed by atoms with E-state index >= 15 is 0 Å². The van der Waals surface area contributed by atoms with Gasteiger partial charge in [-0.2, -0.15) is 0 Å². The predicted octanol–water partition coefficient (Wildman–Crippen LogP) is 2.51. The number of rotatable bonds is 6. The molecule has 0 bridgehead atoms. The van der Waals surface area contributed by atoms with E-state index in [2.05, 4.69) is 0 Å². The average Bonchev–Trinajstić information content (AvgIpc) is 2.29. The first kappa shape index (κ1) is 13.8. The van der Waals surface area contributed by atoms with Crippen LogP contribution in [0.3, 0.4) is 0 Å². The van der Waals surface area contributed by atoms with Crippen LogP contribution in [0.25, 0.3) is 0 Å². The highest BCUT2D eigenvalue weighted by atomic mass is 35.5.